The fourth-order valence-corrected chi connectivity index (χ4v) is 3.48. The third kappa shape index (κ3) is 4.08. The van der Waals surface area contributed by atoms with Crippen LogP contribution in [0.5, 0.6) is 0 Å². The summed E-state index contributed by atoms with van der Waals surface area (Å²) < 4.78 is 5.48. The molecule has 3 rings (SSSR count). The summed E-state index contributed by atoms with van der Waals surface area (Å²) in [6.45, 7) is 7.13. The molecule has 0 bridgehead atoms. The molecule has 1 N–H and O–H groups in total. The first-order valence-corrected chi connectivity index (χ1v) is 8.33. The van der Waals surface area contributed by atoms with Crippen LogP contribution in [-0.4, -0.2) is 43.7 Å². The fraction of sp³-hybridized carbons (Fsp3) is 0.611. The van der Waals surface area contributed by atoms with Crippen LogP contribution in [0.3, 0.4) is 0 Å². The predicted molar refractivity (Wildman–Crippen MR) is 86.5 cm³/mol. The Morgan fingerprint density at radius 3 is 2.82 bits per heavy atom. The molecule has 2 saturated heterocycles. The Kier molecular flexibility index (Phi) is 5.11. The number of nitrogens with one attached hydrogen (secondary N) is 1. The Morgan fingerprint density at radius 1 is 1.27 bits per heavy atom. The average Bonchev–Trinajstić information content (AvgIpc) is 3.17. The van der Waals surface area contributed by atoms with Crippen LogP contribution >= 0.6 is 0 Å². The number of likely N-dealkylation sites (tertiary alicyclic amines) is 1. The Labute approximate surface area is 132 Å². The van der Waals surface area contributed by atoms with Crippen LogP contribution in [0.2, 0.25) is 0 Å². The lowest BCUT2D eigenvalue weighted by atomic mass is 9.91. The van der Waals surface area contributed by atoms with Crippen molar-refractivity contribution in [1.29, 1.82) is 0 Å². The van der Waals surface area contributed by atoms with Crippen molar-refractivity contribution in [1.82, 2.24) is 10.2 Å². The number of carbonyl (C=O) groups excluding carboxylic acids is 1. The molecule has 4 nitrogen and oxygen atoms in total. The van der Waals surface area contributed by atoms with Crippen molar-refractivity contribution < 1.29 is 9.53 Å². The van der Waals surface area contributed by atoms with Gasteiger partial charge in [0.1, 0.15) is 0 Å². The number of benzene rings is 1. The van der Waals surface area contributed by atoms with E-state index in [0.29, 0.717) is 24.9 Å². The number of carbonyl (C=O) groups is 1. The standard InChI is InChI=1S/C18H26N2O2/c1-14-2-4-15(5-3-14)10-19-18(21)12-20-8-6-16(11-20)17-7-9-22-13-17/h2-5,16-17H,6-13H2,1H3,(H,19,21). The van der Waals surface area contributed by atoms with E-state index in [1.54, 1.807) is 0 Å². The van der Waals surface area contributed by atoms with E-state index < -0.39 is 0 Å². The van der Waals surface area contributed by atoms with Crippen molar-refractivity contribution in [2.75, 3.05) is 32.8 Å². The highest BCUT2D eigenvalue weighted by Gasteiger charge is 2.32. The van der Waals surface area contributed by atoms with Gasteiger partial charge in [-0.05, 0) is 43.7 Å². The lowest BCUT2D eigenvalue weighted by Crippen LogP contribution is -2.36. The topological polar surface area (TPSA) is 41.6 Å². The van der Waals surface area contributed by atoms with Crippen LogP contribution in [0, 0.1) is 18.8 Å². The molecule has 4 heteroatoms. The SMILES string of the molecule is Cc1ccc(CNC(=O)CN2CCC(C3CCOC3)C2)cc1. The number of rotatable bonds is 5. The van der Waals surface area contributed by atoms with E-state index in [2.05, 4.69) is 41.4 Å². The fourth-order valence-electron chi connectivity index (χ4n) is 3.48. The summed E-state index contributed by atoms with van der Waals surface area (Å²) in [6, 6.07) is 8.30. The molecule has 1 aromatic carbocycles. The zero-order chi connectivity index (χ0) is 15.4. The number of nitrogens with zero attached hydrogens (tertiary/aromatic N) is 1. The molecule has 22 heavy (non-hydrogen) atoms. The van der Waals surface area contributed by atoms with Crippen molar-refractivity contribution in [3.05, 3.63) is 35.4 Å². The summed E-state index contributed by atoms with van der Waals surface area (Å²) >= 11 is 0. The number of aryl methyl sites for hydroxylation is 1. The van der Waals surface area contributed by atoms with Crippen molar-refractivity contribution in [2.24, 2.45) is 11.8 Å². The maximum absolute atomic E-state index is 12.1. The van der Waals surface area contributed by atoms with E-state index in [4.69, 9.17) is 4.74 Å². The third-order valence-electron chi connectivity index (χ3n) is 4.92. The van der Waals surface area contributed by atoms with Gasteiger partial charge in [0.2, 0.25) is 5.91 Å². The van der Waals surface area contributed by atoms with Gasteiger partial charge in [0.25, 0.3) is 0 Å². The summed E-state index contributed by atoms with van der Waals surface area (Å²) in [5, 5.41) is 3.02. The lowest BCUT2D eigenvalue weighted by Gasteiger charge is -2.18. The van der Waals surface area contributed by atoms with Gasteiger partial charge < -0.3 is 10.1 Å². The summed E-state index contributed by atoms with van der Waals surface area (Å²) in [5.41, 5.74) is 2.40. The molecule has 0 saturated carbocycles. The van der Waals surface area contributed by atoms with Gasteiger partial charge in [-0.3, -0.25) is 9.69 Å². The molecule has 120 valence electrons. The first-order valence-electron chi connectivity index (χ1n) is 8.33. The molecule has 2 atom stereocenters. The smallest absolute Gasteiger partial charge is 0.234 e. The third-order valence-corrected chi connectivity index (χ3v) is 4.92. The summed E-state index contributed by atoms with van der Waals surface area (Å²) in [5.74, 6) is 1.55. The van der Waals surface area contributed by atoms with Crippen LogP contribution in [0.15, 0.2) is 24.3 Å². The van der Waals surface area contributed by atoms with Crippen molar-refractivity contribution in [2.45, 2.75) is 26.3 Å². The molecule has 2 fully saturated rings. The maximum atomic E-state index is 12.1. The van der Waals surface area contributed by atoms with Crippen LogP contribution < -0.4 is 5.32 Å². The predicted octanol–water partition coefficient (Wildman–Crippen LogP) is 1.97. The Hall–Kier alpha value is -1.39. The molecular formula is C18H26N2O2. The van der Waals surface area contributed by atoms with Gasteiger partial charge >= 0.3 is 0 Å². The van der Waals surface area contributed by atoms with E-state index in [1.807, 2.05) is 0 Å². The minimum atomic E-state index is 0.129. The van der Waals surface area contributed by atoms with Gasteiger partial charge in [0, 0.05) is 26.3 Å². The summed E-state index contributed by atoms with van der Waals surface area (Å²) in [6.07, 6.45) is 2.40. The van der Waals surface area contributed by atoms with Gasteiger partial charge in [-0.1, -0.05) is 29.8 Å². The highest BCUT2D eigenvalue weighted by Crippen LogP contribution is 2.29. The van der Waals surface area contributed by atoms with E-state index in [1.165, 1.54) is 18.4 Å². The Balaban J connectivity index is 1.39. The normalized spacial score (nSPS) is 25.5. The number of hydrogen-bond acceptors (Lipinski definition) is 3. The van der Waals surface area contributed by atoms with Gasteiger partial charge in [-0.25, -0.2) is 0 Å². The van der Waals surface area contributed by atoms with E-state index >= 15 is 0 Å². The van der Waals surface area contributed by atoms with Gasteiger partial charge in [0.15, 0.2) is 0 Å². The van der Waals surface area contributed by atoms with Gasteiger partial charge in [-0.2, -0.15) is 0 Å². The van der Waals surface area contributed by atoms with Gasteiger partial charge in [-0.15, -0.1) is 0 Å². The lowest BCUT2D eigenvalue weighted by molar-refractivity contribution is -0.122. The minimum Gasteiger partial charge on any atom is -0.381 e. The monoisotopic (exact) mass is 302 g/mol. The van der Waals surface area contributed by atoms with Crippen molar-refractivity contribution >= 4 is 5.91 Å². The minimum absolute atomic E-state index is 0.129. The van der Waals surface area contributed by atoms with E-state index in [-0.39, 0.29) is 5.91 Å². The zero-order valence-corrected chi connectivity index (χ0v) is 13.4. The van der Waals surface area contributed by atoms with Crippen LogP contribution in [0.25, 0.3) is 0 Å². The highest BCUT2D eigenvalue weighted by atomic mass is 16.5. The molecule has 0 spiro atoms. The Bertz CT molecular complexity index is 494. The molecule has 0 radical (unpaired) electrons. The zero-order valence-electron chi connectivity index (χ0n) is 13.4. The first-order chi connectivity index (χ1) is 10.7. The first kappa shape index (κ1) is 15.5. The molecule has 0 aliphatic carbocycles. The number of amides is 1. The number of ether oxygens (including phenoxy) is 1. The van der Waals surface area contributed by atoms with Crippen LogP contribution in [0.1, 0.15) is 24.0 Å². The van der Waals surface area contributed by atoms with E-state index in [9.17, 15) is 4.79 Å². The summed E-state index contributed by atoms with van der Waals surface area (Å²) in [7, 11) is 0. The van der Waals surface area contributed by atoms with Gasteiger partial charge in [0.05, 0.1) is 6.54 Å². The van der Waals surface area contributed by atoms with E-state index in [0.717, 1.165) is 31.9 Å². The molecule has 2 aliphatic heterocycles. The Morgan fingerprint density at radius 2 is 2.09 bits per heavy atom. The maximum Gasteiger partial charge on any atom is 0.234 e. The van der Waals surface area contributed by atoms with Crippen LogP contribution in [0.4, 0.5) is 0 Å². The molecule has 1 aromatic rings. The van der Waals surface area contributed by atoms with Crippen LogP contribution in [-0.2, 0) is 16.1 Å². The molecular weight excluding hydrogens is 276 g/mol. The number of hydrogen-bond donors (Lipinski definition) is 1. The molecule has 2 unspecified atom stereocenters. The molecule has 2 aliphatic rings. The molecule has 1 amide bonds. The average molecular weight is 302 g/mol. The second-order valence-corrected chi connectivity index (χ2v) is 6.67. The van der Waals surface area contributed by atoms with Crippen molar-refractivity contribution in [3.63, 3.8) is 0 Å². The molecule has 0 aromatic heterocycles. The molecule has 2 heterocycles. The van der Waals surface area contributed by atoms with Crippen molar-refractivity contribution in [3.8, 4) is 0 Å². The highest BCUT2D eigenvalue weighted by molar-refractivity contribution is 5.78. The second kappa shape index (κ2) is 7.25. The second-order valence-electron chi connectivity index (χ2n) is 6.67. The quantitative estimate of drug-likeness (QED) is 0.904. The largest absolute Gasteiger partial charge is 0.381 e. The summed E-state index contributed by atoms with van der Waals surface area (Å²) in [4.78, 5) is 14.4.